The van der Waals surface area contributed by atoms with E-state index in [0.29, 0.717) is 0 Å². The van der Waals surface area contributed by atoms with E-state index >= 15 is 0 Å². The van der Waals surface area contributed by atoms with Crippen LogP contribution in [0.2, 0.25) is 0 Å². The van der Waals surface area contributed by atoms with Crippen LogP contribution < -0.4 is 5.32 Å². The number of carboxylic acid groups (broad SMARTS) is 1. The van der Waals surface area contributed by atoms with Gasteiger partial charge in [0, 0.05) is 25.3 Å². The zero-order valence-corrected chi connectivity index (χ0v) is 17.8. The molecule has 1 atom stereocenters. The number of aliphatic hydroxyl groups is 1. The molecule has 0 aliphatic heterocycles. The topological polar surface area (TPSA) is 156 Å². The first-order valence-corrected chi connectivity index (χ1v) is 10.4. The number of carbonyl (C=O) groups is 3. The number of aliphatic carboxylic acids is 1. The number of esters is 1. The summed E-state index contributed by atoms with van der Waals surface area (Å²) < 4.78 is 33.7. The summed E-state index contributed by atoms with van der Waals surface area (Å²) >= 11 is 0. The third kappa shape index (κ3) is 8.98. The van der Waals surface area contributed by atoms with Crippen LogP contribution in [0.1, 0.15) is 47.5 Å². The molecule has 0 fully saturated rings. The standard InChI is InChI=1S/C17H31NO9S/c1-12(2)9-14(20)26-11-17(23,15(21)22)16(4,5)10-27-28(24,25)8-6-7-18-13(3)19/h12,23H,6-11H2,1-5H3,(H,18,19)(H,21,22)/t17-/m1/s1. The molecular formula is C17H31NO9S. The molecule has 0 bridgehead atoms. The van der Waals surface area contributed by atoms with Crippen LogP contribution in [0.5, 0.6) is 0 Å². The van der Waals surface area contributed by atoms with Crippen molar-refractivity contribution in [2.75, 3.05) is 25.5 Å². The highest BCUT2D eigenvalue weighted by Crippen LogP contribution is 2.33. The number of carboxylic acids is 1. The fourth-order valence-corrected chi connectivity index (χ4v) is 3.14. The first-order chi connectivity index (χ1) is 12.6. The van der Waals surface area contributed by atoms with Crippen molar-refractivity contribution in [3.05, 3.63) is 0 Å². The Kier molecular flexibility index (Phi) is 10.1. The minimum absolute atomic E-state index is 0.00982. The van der Waals surface area contributed by atoms with Gasteiger partial charge in [0.05, 0.1) is 12.4 Å². The van der Waals surface area contributed by atoms with E-state index < -0.39 is 52.0 Å². The van der Waals surface area contributed by atoms with E-state index in [1.807, 2.05) is 0 Å². The van der Waals surface area contributed by atoms with E-state index in [0.717, 1.165) is 0 Å². The molecule has 0 aromatic rings. The second-order valence-corrected chi connectivity index (χ2v) is 9.43. The van der Waals surface area contributed by atoms with Crippen molar-refractivity contribution in [1.82, 2.24) is 5.32 Å². The zero-order valence-electron chi connectivity index (χ0n) is 17.0. The Morgan fingerprint density at radius 3 is 2.18 bits per heavy atom. The average Bonchev–Trinajstić information content (AvgIpc) is 2.54. The summed E-state index contributed by atoms with van der Waals surface area (Å²) in [6.45, 7) is 6.11. The summed E-state index contributed by atoms with van der Waals surface area (Å²) in [5, 5.41) is 22.4. The molecule has 0 aromatic heterocycles. The molecule has 11 heteroatoms. The summed E-state index contributed by atoms with van der Waals surface area (Å²) in [6, 6.07) is 0. The van der Waals surface area contributed by atoms with Gasteiger partial charge in [-0.15, -0.1) is 0 Å². The summed E-state index contributed by atoms with van der Waals surface area (Å²) in [4.78, 5) is 34.1. The molecule has 0 aromatic carbocycles. The first-order valence-electron chi connectivity index (χ1n) is 8.86. The van der Waals surface area contributed by atoms with Gasteiger partial charge in [-0.25, -0.2) is 4.79 Å². The number of nitrogens with one attached hydrogen (secondary N) is 1. The molecule has 3 N–H and O–H groups in total. The minimum Gasteiger partial charge on any atom is -0.479 e. The van der Waals surface area contributed by atoms with Crippen LogP contribution in [-0.4, -0.2) is 67.6 Å². The molecule has 0 saturated carbocycles. The average molecular weight is 426 g/mol. The SMILES string of the molecule is CC(=O)NCCCS(=O)(=O)OCC(C)(C)[C@@](O)(COC(=O)CC(C)C)C(=O)O. The minimum atomic E-state index is -4.01. The number of amides is 1. The second kappa shape index (κ2) is 10.7. The van der Waals surface area contributed by atoms with Crippen LogP contribution >= 0.6 is 0 Å². The van der Waals surface area contributed by atoms with Gasteiger partial charge in [-0.05, 0) is 12.3 Å². The Balaban J connectivity index is 4.95. The van der Waals surface area contributed by atoms with E-state index in [-0.39, 0.29) is 31.2 Å². The number of hydrogen-bond donors (Lipinski definition) is 3. The van der Waals surface area contributed by atoms with Gasteiger partial charge in [-0.1, -0.05) is 27.7 Å². The molecule has 1 amide bonds. The summed E-state index contributed by atoms with van der Waals surface area (Å²) in [5.41, 5.74) is -4.15. The lowest BCUT2D eigenvalue weighted by atomic mass is 9.76. The van der Waals surface area contributed by atoms with Gasteiger partial charge in [0.2, 0.25) is 11.5 Å². The van der Waals surface area contributed by atoms with Crippen molar-refractivity contribution in [3.8, 4) is 0 Å². The highest BCUT2D eigenvalue weighted by molar-refractivity contribution is 7.86. The van der Waals surface area contributed by atoms with Crippen molar-refractivity contribution in [1.29, 1.82) is 0 Å². The quantitative estimate of drug-likeness (QED) is 0.214. The molecule has 28 heavy (non-hydrogen) atoms. The molecule has 0 radical (unpaired) electrons. The van der Waals surface area contributed by atoms with Crippen molar-refractivity contribution in [2.45, 2.75) is 53.1 Å². The molecule has 0 aliphatic rings. The maximum Gasteiger partial charge on any atom is 0.339 e. The van der Waals surface area contributed by atoms with Gasteiger partial charge in [-0.3, -0.25) is 13.8 Å². The fraction of sp³-hybridized carbons (Fsp3) is 0.824. The molecule has 10 nitrogen and oxygen atoms in total. The molecular weight excluding hydrogens is 394 g/mol. The van der Waals surface area contributed by atoms with Crippen LogP contribution in [0.15, 0.2) is 0 Å². The molecule has 0 saturated heterocycles. The third-order valence-electron chi connectivity index (χ3n) is 4.03. The Labute approximate surface area is 165 Å². The Morgan fingerprint density at radius 1 is 1.14 bits per heavy atom. The largest absolute Gasteiger partial charge is 0.479 e. The van der Waals surface area contributed by atoms with Crippen LogP contribution in [0.3, 0.4) is 0 Å². The van der Waals surface area contributed by atoms with Gasteiger partial charge in [0.1, 0.15) is 6.61 Å². The Morgan fingerprint density at radius 2 is 1.71 bits per heavy atom. The second-order valence-electron chi connectivity index (χ2n) is 7.67. The van der Waals surface area contributed by atoms with E-state index in [9.17, 15) is 33.0 Å². The van der Waals surface area contributed by atoms with Crippen molar-refractivity contribution in [3.63, 3.8) is 0 Å². The number of ether oxygens (including phenoxy) is 1. The van der Waals surface area contributed by atoms with Crippen LogP contribution in [0, 0.1) is 11.3 Å². The lowest BCUT2D eigenvalue weighted by Crippen LogP contribution is -2.57. The van der Waals surface area contributed by atoms with Gasteiger partial charge in [-0.2, -0.15) is 8.42 Å². The maximum absolute atomic E-state index is 12.0. The van der Waals surface area contributed by atoms with E-state index in [4.69, 9.17) is 8.92 Å². The molecule has 0 heterocycles. The van der Waals surface area contributed by atoms with Crippen LogP contribution in [0.4, 0.5) is 0 Å². The molecule has 0 aliphatic carbocycles. The van der Waals surface area contributed by atoms with Gasteiger partial charge >= 0.3 is 11.9 Å². The smallest absolute Gasteiger partial charge is 0.339 e. The van der Waals surface area contributed by atoms with Crippen molar-refractivity contribution in [2.24, 2.45) is 11.3 Å². The highest BCUT2D eigenvalue weighted by Gasteiger charge is 2.52. The predicted molar refractivity (Wildman–Crippen MR) is 99.8 cm³/mol. The van der Waals surface area contributed by atoms with E-state index in [1.54, 1.807) is 13.8 Å². The Hall–Kier alpha value is -1.72. The fourth-order valence-electron chi connectivity index (χ4n) is 2.05. The number of carbonyl (C=O) groups excluding carboxylic acids is 2. The Bertz CT molecular complexity index is 658. The van der Waals surface area contributed by atoms with Crippen molar-refractivity contribution >= 4 is 28.0 Å². The lowest BCUT2D eigenvalue weighted by molar-refractivity contribution is -0.190. The summed E-state index contributed by atoms with van der Waals surface area (Å²) in [5.74, 6) is -3.03. The molecule has 0 unspecified atom stereocenters. The van der Waals surface area contributed by atoms with Gasteiger partial charge < -0.3 is 20.3 Å². The first kappa shape index (κ1) is 26.3. The summed E-state index contributed by atoms with van der Waals surface area (Å²) in [7, 11) is -4.01. The van der Waals surface area contributed by atoms with Crippen LogP contribution in [0.25, 0.3) is 0 Å². The van der Waals surface area contributed by atoms with E-state index in [1.165, 1.54) is 20.8 Å². The normalized spacial score (nSPS) is 14.4. The molecule has 0 spiro atoms. The maximum atomic E-state index is 12.0. The highest BCUT2D eigenvalue weighted by atomic mass is 32.2. The lowest BCUT2D eigenvalue weighted by Gasteiger charge is -2.38. The van der Waals surface area contributed by atoms with Gasteiger partial charge in [0.15, 0.2) is 0 Å². The monoisotopic (exact) mass is 425 g/mol. The van der Waals surface area contributed by atoms with E-state index in [2.05, 4.69) is 5.32 Å². The molecule has 164 valence electrons. The number of rotatable bonds is 13. The van der Waals surface area contributed by atoms with Gasteiger partial charge in [0.25, 0.3) is 10.1 Å². The third-order valence-corrected chi connectivity index (χ3v) is 5.30. The van der Waals surface area contributed by atoms with Crippen molar-refractivity contribution < 1.29 is 41.9 Å². The predicted octanol–water partition coefficient (Wildman–Crippen LogP) is 0.290. The van der Waals surface area contributed by atoms with Crippen LogP contribution in [-0.2, 0) is 33.4 Å². The number of hydrogen-bond acceptors (Lipinski definition) is 8. The molecule has 0 rings (SSSR count). The summed E-state index contributed by atoms with van der Waals surface area (Å²) in [6.07, 6.45) is 0.160. The zero-order chi connectivity index (χ0) is 22.2.